The van der Waals surface area contributed by atoms with Gasteiger partial charge in [-0.15, -0.1) is 0 Å². The van der Waals surface area contributed by atoms with Crippen LogP contribution in [0.5, 0.6) is 5.88 Å². The van der Waals surface area contributed by atoms with Crippen molar-refractivity contribution in [3.63, 3.8) is 0 Å². The lowest BCUT2D eigenvalue weighted by Crippen LogP contribution is -2.59. The Kier molecular flexibility index (Phi) is 11.7. The van der Waals surface area contributed by atoms with Crippen LogP contribution in [0.3, 0.4) is 0 Å². The lowest BCUT2D eigenvalue weighted by atomic mass is 10.1. The number of hydrogen-bond donors (Lipinski definition) is 3. The fourth-order valence-electron chi connectivity index (χ4n) is 7.77. The molecule has 0 spiro atoms. The molecule has 3 fully saturated rings. The van der Waals surface area contributed by atoms with Crippen LogP contribution >= 0.6 is 0 Å². The molecule has 59 heavy (non-hydrogen) atoms. The van der Waals surface area contributed by atoms with Crippen molar-refractivity contribution < 1.29 is 42.0 Å². The summed E-state index contributed by atoms with van der Waals surface area (Å²) < 4.78 is 40.0. The van der Waals surface area contributed by atoms with Gasteiger partial charge in [-0.05, 0) is 76.9 Å². The second-order valence-electron chi connectivity index (χ2n) is 16.7. The van der Waals surface area contributed by atoms with Crippen molar-refractivity contribution in [2.75, 3.05) is 19.6 Å². The van der Waals surface area contributed by atoms with Crippen LogP contribution in [-0.4, -0.2) is 106 Å². The normalized spacial score (nSPS) is 26.0. The number of pyridine rings is 1. The lowest BCUT2D eigenvalue weighted by Gasteiger charge is -2.33. The number of alkyl carbamates (subject to hydrolysis) is 1. The van der Waals surface area contributed by atoms with Gasteiger partial charge >= 0.3 is 6.09 Å². The molecule has 0 unspecified atom stereocenters. The summed E-state index contributed by atoms with van der Waals surface area (Å²) >= 11 is 0. The Hall–Kier alpha value is -5.62. The average Bonchev–Trinajstić information content (AvgIpc) is 4.10. The summed E-state index contributed by atoms with van der Waals surface area (Å²) in [6, 6.07) is 13.0. The first kappa shape index (κ1) is 41.5. The molecule has 3 aromatic rings. The van der Waals surface area contributed by atoms with Crippen molar-refractivity contribution in [2.45, 2.75) is 100 Å². The standard InChI is InChI=1S/C41H49N7O10S/c1-40(2,3)58-39(52)43-32-25-46(23-27-12-7-9-15-33(27)48(53)54)20-10-4-5-13-28-22-41(28,38(51)45-59(55,56)30-16-17-30)44-35(49)34-21-29(24-47(34)37(32)50)57-36-31-14-8-6-11-26(31)18-19-42-36/h5-9,11-15,18-19,28-30,32,34H,4,10,16-17,20-25H2,1-3H3,(H,43,52)(H,44,49)(H,45,51)/b13-5-/t28-,29-,32+,34+,41-/m1/s1. The Morgan fingerprint density at radius 3 is 2.56 bits per heavy atom. The number of ether oxygens (including phenoxy) is 2. The lowest BCUT2D eigenvalue weighted by molar-refractivity contribution is -0.385. The van der Waals surface area contributed by atoms with E-state index in [-0.39, 0.29) is 44.0 Å². The molecule has 2 aliphatic carbocycles. The van der Waals surface area contributed by atoms with Crippen molar-refractivity contribution in [3.05, 3.63) is 88.6 Å². The third-order valence-electron chi connectivity index (χ3n) is 11.0. The van der Waals surface area contributed by atoms with E-state index in [1.54, 1.807) is 51.2 Å². The number of nitrogens with one attached hydrogen (secondary N) is 3. The molecule has 1 aromatic heterocycles. The molecule has 4 aliphatic rings. The Bertz CT molecular complexity index is 2270. The molecule has 4 amide bonds. The third-order valence-corrected chi connectivity index (χ3v) is 12.8. The number of amides is 4. The fourth-order valence-corrected chi connectivity index (χ4v) is 9.13. The van der Waals surface area contributed by atoms with Crippen LogP contribution < -0.4 is 20.1 Å². The monoisotopic (exact) mass is 831 g/mol. The molecule has 17 nitrogen and oxygen atoms in total. The summed E-state index contributed by atoms with van der Waals surface area (Å²) in [6.07, 6.45) is 5.56. The smallest absolute Gasteiger partial charge is 0.408 e. The van der Waals surface area contributed by atoms with E-state index >= 15 is 0 Å². The summed E-state index contributed by atoms with van der Waals surface area (Å²) in [4.78, 5) is 75.9. The molecule has 0 radical (unpaired) electrons. The molecule has 2 aliphatic heterocycles. The first-order valence-electron chi connectivity index (χ1n) is 19.8. The maximum atomic E-state index is 15.0. The molecule has 0 bridgehead atoms. The quantitative estimate of drug-likeness (QED) is 0.160. The maximum absolute atomic E-state index is 15.0. The summed E-state index contributed by atoms with van der Waals surface area (Å²) in [7, 11) is -3.96. The van der Waals surface area contributed by atoms with Gasteiger partial charge in [0.15, 0.2) is 0 Å². The van der Waals surface area contributed by atoms with E-state index in [9.17, 15) is 37.7 Å². The minimum Gasteiger partial charge on any atom is -0.472 e. The van der Waals surface area contributed by atoms with Gasteiger partial charge < -0.3 is 25.0 Å². The van der Waals surface area contributed by atoms with Crippen molar-refractivity contribution >= 4 is 50.3 Å². The Balaban J connectivity index is 1.25. The summed E-state index contributed by atoms with van der Waals surface area (Å²) in [6.45, 7) is 5.21. The molecule has 3 heterocycles. The van der Waals surface area contributed by atoms with Crippen LogP contribution in [0.25, 0.3) is 10.8 Å². The van der Waals surface area contributed by atoms with Gasteiger partial charge in [-0.1, -0.05) is 48.6 Å². The number of fused-ring (bicyclic) bond motifs is 3. The van der Waals surface area contributed by atoms with E-state index in [1.807, 2.05) is 41.3 Å². The molecule has 2 saturated carbocycles. The van der Waals surface area contributed by atoms with Crippen LogP contribution in [0.15, 0.2) is 72.9 Å². The number of rotatable bonds is 9. The summed E-state index contributed by atoms with van der Waals surface area (Å²) in [5.74, 6) is -2.45. The molecular weight excluding hydrogens is 783 g/mol. The Morgan fingerprint density at radius 2 is 1.81 bits per heavy atom. The van der Waals surface area contributed by atoms with Crippen molar-refractivity contribution in [1.82, 2.24) is 30.1 Å². The van der Waals surface area contributed by atoms with E-state index in [4.69, 9.17) is 9.47 Å². The molecular formula is C41H49N7O10S. The first-order chi connectivity index (χ1) is 28.0. The minimum atomic E-state index is -3.96. The number of carbonyl (C=O) groups excluding carboxylic acids is 4. The number of sulfonamides is 1. The molecule has 18 heteroatoms. The SMILES string of the molecule is CC(C)(C)OC(=O)N[C@H]1CN(Cc2ccccc2[N+](=O)[O-])CCC/C=C\[C@@H]2C[C@@]2(C(=O)NS(=O)(=O)C2CC2)NC(=O)[C@@H]2C[C@@H](Oc3nccc4ccccc34)CN2C1=O. The first-order valence-corrected chi connectivity index (χ1v) is 21.4. The maximum Gasteiger partial charge on any atom is 0.408 e. The third kappa shape index (κ3) is 9.65. The second kappa shape index (κ2) is 16.6. The summed E-state index contributed by atoms with van der Waals surface area (Å²) in [5, 5.41) is 18.5. The van der Waals surface area contributed by atoms with Gasteiger partial charge in [0, 0.05) is 48.6 Å². The highest BCUT2D eigenvalue weighted by atomic mass is 32.2. The number of carbonyl (C=O) groups is 4. The number of allylic oxidation sites excluding steroid dienone is 1. The second-order valence-corrected chi connectivity index (χ2v) is 18.6. The van der Waals surface area contributed by atoms with Crippen molar-refractivity contribution in [3.8, 4) is 5.88 Å². The van der Waals surface area contributed by atoms with E-state index in [1.165, 1.54) is 11.0 Å². The molecule has 2 aromatic carbocycles. The van der Waals surface area contributed by atoms with Gasteiger partial charge in [-0.25, -0.2) is 18.2 Å². The highest BCUT2D eigenvalue weighted by molar-refractivity contribution is 7.91. The zero-order chi connectivity index (χ0) is 42.1. The van der Waals surface area contributed by atoms with Crippen LogP contribution in [0.2, 0.25) is 0 Å². The van der Waals surface area contributed by atoms with E-state index in [0.717, 1.165) is 5.39 Å². The molecule has 5 atom stereocenters. The van der Waals surface area contributed by atoms with Crippen LogP contribution in [0, 0.1) is 16.0 Å². The zero-order valence-electron chi connectivity index (χ0n) is 33.2. The fraction of sp³-hybridized carbons (Fsp3) is 0.488. The van der Waals surface area contributed by atoms with E-state index < -0.39 is 79.3 Å². The molecule has 1 saturated heterocycles. The number of aromatic nitrogens is 1. The number of para-hydroxylation sites is 1. The number of nitro groups is 1. The number of nitrogens with zero attached hydrogens (tertiary/aromatic N) is 4. The summed E-state index contributed by atoms with van der Waals surface area (Å²) in [5.41, 5.74) is -2.21. The number of nitro benzene ring substituents is 1. The molecule has 314 valence electrons. The predicted molar refractivity (Wildman–Crippen MR) is 215 cm³/mol. The highest BCUT2D eigenvalue weighted by Gasteiger charge is 2.62. The molecule has 7 rings (SSSR count). The number of benzene rings is 2. The topological polar surface area (TPSA) is 219 Å². The van der Waals surface area contributed by atoms with Crippen molar-refractivity contribution in [2.24, 2.45) is 5.92 Å². The van der Waals surface area contributed by atoms with Gasteiger partial charge in [-0.2, -0.15) is 0 Å². The average molecular weight is 832 g/mol. The zero-order valence-corrected chi connectivity index (χ0v) is 34.0. The molecule has 3 N–H and O–H groups in total. The number of hydrogen-bond acceptors (Lipinski definition) is 12. The van der Waals surface area contributed by atoms with E-state index in [0.29, 0.717) is 43.2 Å². The van der Waals surface area contributed by atoms with Gasteiger partial charge in [0.05, 0.1) is 16.7 Å². The van der Waals surface area contributed by atoms with Gasteiger partial charge in [0.2, 0.25) is 27.7 Å². The van der Waals surface area contributed by atoms with Gasteiger partial charge in [0.25, 0.3) is 11.6 Å². The predicted octanol–water partition coefficient (Wildman–Crippen LogP) is 3.72. The highest BCUT2D eigenvalue weighted by Crippen LogP contribution is 2.46. The van der Waals surface area contributed by atoms with Gasteiger partial charge in [0.1, 0.15) is 29.3 Å². The van der Waals surface area contributed by atoms with E-state index in [2.05, 4.69) is 20.3 Å². The Labute approximate surface area is 342 Å². The van der Waals surface area contributed by atoms with Crippen molar-refractivity contribution in [1.29, 1.82) is 0 Å². The van der Waals surface area contributed by atoms with Crippen LogP contribution in [0.1, 0.15) is 64.9 Å². The Morgan fingerprint density at radius 1 is 1.07 bits per heavy atom. The van der Waals surface area contributed by atoms with Crippen LogP contribution in [-0.2, 0) is 35.7 Å². The van der Waals surface area contributed by atoms with Gasteiger partial charge in [-0.3, -0.25) is 34.1 Å². The van der Waals surface area contributed by atoms with Crippen LogP contribution in [0.4, 0.5) is 10.5 Å². The minimum absolute atomic E-state index is 0.0276. The largest absolute Gasteiger partial charge is 0.472 e.